The number of hydrogen-bond acceptors (Lipinski definition) is 2. The Morgan fingerprint density at radius 1 is 1.50 bits per heavy atom. The van der Waals surface area contributed by atoms with E-state index in [1.807, 2.05) is 19.1 Å². The molecule has 0 bridgehead atoms. The van der Waals surface area contributed by atoms with Crippen molar-refractivity contribution in [3.63, 3.8) is 0 Å². The lowest BCUT2D eigenvalue weighted by molar-refractivity contribution is -0.152. The largest absolute Gasteiger partial charge is 0.465 e. The zero-order valence-electron chi connectivity index (χ0n) is 8.79. The molecule has 2 nitrogen and oxygen atoms in total. The number of carbonyl (C=O) groups is 1. The summed E-state index contributed by atoms with van der Waals surface area (Å²) in [6, 6.07) is 0. The maximum atomic E-state index is 11.8. The molecule has 14 heavy (non-hydrogen) atoms. The molecule has 78 valence electrons. The van der Waals surface area contributed by atoms with Gasteiger partial charge in [0.05, 0.1) is 12.0 Å². The smallest absolute Gasteiger partial charge is 0.315 e. The van der Waals surface area contributed by atoms with E-state index in [0.29, 0.717) is 6.61 Å². The van der Waals surface area contributed by atoms with E-state index < -0.39 is 0 Å². The number of allylic oxidation sites excluding steroid dienone is 2. The molecule has 0 aromatic heterocycles. The van der Waals surface area contributed by atoms with Crippen molar-refractivity contribution >= 4 is 5.97 Å². The van der Waals surface area contributed by atoms with Crippen LogP contribution in [0.3, 0.4) is 0 Å². The van der Waals surface area contributed by atoms with Gasteiger partial charge in [-0.15, -0.1) is 0 Å². The molecule has 2 heteroatoms. The molecule has 1 aliphatic rings. The van der Waals surface area contributed by atoms with Crippen LogP contribution in [0.25, 0.3) is 0 Å². The Balaban J connectivity index is 2.75. The van der Waals surface area contributed by atoms with Crippen molar-refractivity contribution in [3.05, 3.63) is 24.8 Å². The van der Waals surface area contributed by atoms with Crippen LogP contribution in [0.1, 0.15) is 32.6 Å². The lowest BCUT2D eigenvalue weighted by atomic mass is 9.86. The quantitative estimate of drug-likeness (QED) is 0.508. The molecule has 0 aliphatic heterocycles. The summed E-state index contributed by atoms with van der Waals surface area (Å²) in [4.78, 5) is 11.8. The summed E-state index contributed by atoms with van der Waals surface area (Å²) in [7, 11) is 0. The van der Waals surface area contributed by atoms with Crippen LogP contribution in [0.2, 0.25) is 0 Å². The highest BCUT2D eigenvalue weighted by Gasteiger charge is 2.39. The molecule has 0 spiro atoms. The summed E-state index contributed by atoms with van der Waals surface area (Å²) in [5.74, 6) is -0.0735. The normalized spacial score (nSPS) is 19.8. The molecule has 0 saturated heterocycles. The SMILES string of the molecule is C=CC=CC1(C(=O)OCC)CCCC1. The summed E-state index contributed by atoms with van der Waals surface area (Å²) in [6.07, 6.45) is 9.56. The Hall–Kier alpha value is -1.05. The van der Waals surface area contributed by atoms with Gasteiger partial charge in [-0.2, -0.15) is 0 Å². The van der Waals surface area contributed by atoms with Crippen molar-refractivity contribution in [2.24, 2.45) is 5.41 Å². The minimum atomic E-state index is -0.357. The van der Waals surface area contributed by atoms with Gasteiger partial charge in [-0.05, 0) is 19.8 Å². The van der Waals surface area contributed by atoms with E-state index in [1.165, 1.54) is 0 Å². The van der Waals surface area contributed by atoms with Gasteiger partial charge in [-0.3, -0.25) is 4.79 Å². The second kappa shape index (κ2) is 4.99. The maximum Gasteiger partial charge on any atom is 0.315 e. The Morgan fingerprint density at radius 2 is 2.14 bits per heavy atom. The van der Waals surface area contributed by atoms with Gasteiger partial charge in [0.15, 0.2) is 0 Å². The van der Waals surface area contributed by atoms with Crippen LogP contribution in [-0.2, 0) is 9.53 Å². The summed E-state index contributed by atoms with van der Waals surface area (Å²) >= 11 is 0. The Labute approximate surface area is 85.6 Å². The van der Waals surface area contributed by atoms with Gasteiger partial charge in [-0.1, -0.05) is 37.6 Å². The zero-order chi connectivity index (χ0) is 10.4. The molecule has 0 aromatic rings. The van der Waals surface area contributed by atoms with E-state index in [0.717, 1.165) is 25.7 Å². The van der Waals surface area contributed by atoms with Crippen LogP contribution in [-0.4, -0.2) is 12.6 Å². The van der Waals surface area contributed by atoms with Gasteiger partial charge in [0.25, 0.3) is 0 Å². The molecule has 0 heterocycles. The van der Waals surface area contributed by atoms with Crippen molar-refractivity contribution in [1.29, 1.82) is 0 Å². The molecule has 0 N–H and O–H groups in total. The first kappa shape index (κ1) is 11.0. The predicted octanol–water partition coefficient (Wildman–Crippen LogP) is 2.85. The Kier molecular flexibility index (Phi) is 3.93. The molecule has 0 aromatic carbocycles. The van der Waals surface area contributed by atoms with Gasteiger partial charge in [0.1, 0.15) is 0 Å². The highest BCUT2D eigenvalue weighted by atomic mass is 16.5. The summed E-state index contributed by atoms with van der Waals surface area (Å²) in [5.41, 5.74) is -0.357. The van der Waals surface area contributed by atoms with Gasteiger partial charge in [0.2, 0.25) is 0 Å². The molecule has 1 saturated carbocycles. The van der Waals surface area contributed by atoms with E-state index in [1.54, 1.807) is 6.08 Å². The molecule has 0 radical (unpaired) electrons. The molecule has 1 aliphatic carbocycles. The topological polar surface area (TPSA) is 26.3 Å². The molecule has 0 atom stereocenters. The van der Waals surface area contributed by atoms with Crippen molar-refractivity contribution in [1.82, 2.24) is 0 Å². The lowest BCUT2D eigenvalue weighted by Gasteiger charge is -2.22. The van der Waals surface area contributed by atoms with Gasteiger partial charge in [0, 0.05) is 0 Å². The summed E-state index contributed by atoms with van der Waals surface area (Å²) in [5, 5.41) is 0. The third-order valence-electron chi connectivity index (χ3n) is 2.73. The van der Waals surface area contributed by atoms with E-state index in [9.17, 15) is 4.79 Å². The van der Waals surface area contributed by atoms with E-state index in [2.05, 4.69) is 6.58 Å². The fourth-order valence-corrected chi connectivity index (χ4v) is 1.97. The number of esters is 1. The zero-order valence-corrected chi connectivity index (χ0v) is 8.79. The van der Waals surface area contributed by atoms with Crippen LogP contribution in [0, 0.1) is 5.41 Å². The Bertz CT molecular complexity index is 235. The maximum absolute atomic E-state index is 11.8. The second-order valence-corrected chi connectivity index (χ2v) is 3.68. The highest BCUT2D eigenvalue weighted by Crippen LogP contribution is 2.40. The monoisotopic (exact) mass is 194 g/mol. The number of rotatable bonds is 4. The van der Waals surface area contributed by atoms with Crippen molar-refractivity contribution in [2.75, 3.05) is 6.61 Å². The summed E-state index contributed by atoms with van der Waals surface area (Å²) < 4.78 is 5.10. The molecular weight excluding hydrogens is 176 g/mol. The molecule has 0 amide bonds. The van der Waals surface area contributed by atoms with Gasteiger partial charge < -0.3 is 4.74 Å². The van der Waals surface area contributed by atoms with Crippen LogP contribution in [0.15, 0.2) is 24.8 Å². The van der Waals surface area contributed by atoms with Gasteiger partial charge in [-0.25, -0.2) is 0 Å². The average molecular weight is 194 g/mol. The minimum absolute atomic E-state index is 0.0735. The third kappa shape index (κ3) is 2.25. The average Bonchev–Trinajstić information content (AvgIpc) is 2.65. The van der Waals surface area contributed by atoms with E-state index in [-0.39, 0.29) is 11.4 Å². The fraction of sp³-hybridized carbons (Fsp3) is 0.583. The number of ether oxygens (including phenoxy) is 1. The standard InChI is InChI=1S/C12H18O2/c1-3-5-8-12(9-6-7-10-12)11(13)14-4-2/h3,5,8H,1,4,6-7,9-10H2,2H3. The minimum Gasteiger partial charge on any atom is -0.465 e. The highest BCUT2D eigenvalue weighted by molar-refractivity contribution is 5.79. The van der Waals surface area contributed by atoms with Crippen LogP contribution in [0.4, 0.5) is 0 Å². The number of carbonyl (C=O) groups excluding carboxylic acids is 1. The van der Waals surface area contributed by atoms with Crippen molar-refractivity contribution < 1.29 is 9.53 Å². The first-order chi connectivity index (χ1) is 6.75. The fourth-order valence-electron chi connectivity index (χ4n) is 1.97. The molecular formula is C12H18O2. The van der Waals surface area contributed by atoms with Crippen LogP contribution < -0.4 is 0 Å². The first-order valence-corrected chi connectivity index (χ1v) is 5.22. The molecule has 1 fully saturated rings. The lowest BCUT2D eigenvalue weighted by Crippen LogP contribution is -2.27. The second-order valence-electron chi connectivity index (χ2n) is 3.68. The third-order valence-corrected chi connectivity index (χ3v) is 2.73. The van der Waals surface area contributed by atoms with Crippen LogP contribution in [0.5, 0.6) is 0 Å². The first-order valence-electron chi connectivity index (χ1n) is 5.22. The molecule has 0 unspecified atom stereocenters. The van der Waals surface area contributed by atoms with Crippen LogP contribution >= 0.6 is 0 Å². The van der Waals surface area contributed by atoms with E-state index >= 15 is 0 Å². The number of hydrogen-bond donors (Lipinski definition) is 0. The predicted molar refractivity (Wildman–Crippen MR) is 56.9 cm³/mol. The summed E-state index contributed by atoms with van der Waals surface area (Å²) in [6.45, 7) is 5.92. The van der Waals surface area contributed by atoms with Gasteiger partial charge >= 0.3 is 5.97 Å². The van der Waals surface area contributed by atoms with Crippen molar-refractivity contribution in [2.45, 2.75) is 32.6 Å². The van der Waals surface area contributed by atoms with E-state index in [4.69, 9.17) is 4.74 Å². The molecule has 1 rings (SSSR count). The van der Waals surface area contributed by atoms with Crippen molar-refractivity contribution in [3.8, 4) is 0 Å². The Morgan fingerprint density at radius 3 is 2.64 bits per heavy atom.